The molecule has 0 radical (unpaired) electrons. The van der Waals surface area contributed by atoms with E-state index in [1.807, 2.05) is 14.0 Å². The molecular weight excluding hydrogens is 501 g/mol. The Kier molecular flexibility index (Phi) is 10.7. The summed E-state index contributed by atoms with van der Waals surface area (Å²) in [6.07, 6.45) is 6.92. The zero-order chi connectivity index (χ0) is 19.8. The summed E-state index contributed by atoms with van der Waals surface area (Å²) in [7, 11) is 1.85. The minimum Gasteiger partial charge on any atom is -0.450 e. The summed E-state index contributed by atoms with van der Waals surface area (Å²) in [6.45, 7) is 7.16. The van der Waals surface area contributed by atoms with Crippen molar-refractivity contribution >= 4 is 47.8 Å². The van der Waals surface area contributed by atoms with Gasteiger partial charge in [0.05, 0.1) is 6.61 Å². The average molecular weight is 540 g/mol. The maximum Gasteiger partial charge on any atom is 0.409 e. The van der Waals surface area contributed by atoms with E-state index in [9.17, 15) is 4.79 Å². The van der Waals surface area contributed by atoms with Crippen LogP contribution in [-0.4, -0.2) is 91.3 Å². The smallest absolute Gasteiger partial charge is 0.409 e. The third-order valence-corrected chi connectivity index (χ3v) is 7.33. The van der Waals surface area contributed by atoms with Crippen molar-refractivity contribution in [3.63, 3.8) is 0 Å². The van der Waals surface area contributed by atoms with Gasteiger partial charge in [-0.15, -0.1) is 24.0 Å². The zero-order valence-corrected chi connectivity index (χ0v) is 21.1. The lowest BCUT2D eigenvalue weighted by Crippen LogP contribution is -2.58. The van der Waals surface area contributed by atoms with Crippen molar-refractivity contribution in [2.45, 2.75) is 57.0 Å². The van der Waals surface area contributed by atoms with E-state index in [0.29, 0.717) is 18.2 Å². The van der Waals surface area contributed by atoms with Crippen molar-refractivity contribution in [3.05, 3.63) is 0 Å². The standard InChI is InChI=1S/C20H37N5O2S.HI/c1-3-27-19(26)24-10-6-17(7-11-24)23-18(21-2)22-16-20(8-4-5-9-20)25-12-14-28-15-13-25;/h17H,3-16H2,1-2H3,(H2,21,22,23);1H. The maximum atomic E-state index is 11.9. The number of carbonyl (C=O) groups excluding carboxylic acids is 1. The number of piperidine rings is 1. The number of thioether (sulfide) groups is 1. The van der Waals surface area contributed by atoms with Crippen LogP contribution in [0.25, 0.3) is 0 Å². The summed E-state index contributed by atoms with van der Waals surface area (Å²) in [4.78, 5) is 20.9. The van der Waals surface area contributed by atoms with Crippen LogP contribution in [0.4, 0.5) is 4.79 Å². The molecule has 0 atom stereocenters. The highest BCUT2D eigenvalue weighted by Crippen LogP contribution is 2.36. The highest BCUT2D eigenvalue weighted by atomic mass is 127. The van der Waals surface area contributed by atoms with Gasteiger partial charge in [-0.25, -0.2) is 4.79 Å². The second-order valence-corrected chi connectivity index (χ2v) is 9.29. The second-order valence-electron chi connectivity index (χ2n) is 8.06. The van der Waals surface area contributed by atoms with E-state index < -0.39 is 0 Å². The van der Waals surface area contributed by atoms with E-state index in [1.54, 1.807) is 4.90 Å². The van der Waals surface area contributed by atoms with E-state index in [2.05, 4.69) is 32.3 Å². The normalized spacial score (nSPS) is 23.4. The molecule has 29 heavy (non-hydrogen) atoms. The third kappa shape index (κ3) is 6.78. The van der Waals surface area contributed by atoms with E-state index in [4.69, 9.17) is 4.74 Å². The molecule has 2 saturated heterocycles. The molecular formula is C20H38IN5O2S. The summed E-state index contributed by atoms with van der Waals surface area (Å²) in [5.74, 6) is 3.41. The highest BCUT2D eigenvalue weighted by molar-refractivity contribution is 14.0. The van der Waals surface area contributed by atoms with Crippen molar-refractivity contribution in [1.29, 1.82) is 0 Å². The van der Waals surface area contributed by atoms with Crippen LogP contribution in [-0.2, 0) is 4.74 Å². The molecule has 1 amide bonds. The van der Waals surface area contributed by atoms with Gasteiger partial charge in [0.25, 0.3) is 0 Å². The molecule has 0 aromatic carbocycles. The van der Waals surface area contributed by atoms with Gasteiger partial charge < -0.3 is 20.3 Å². The molecule has 168 valence electrons. The minimum atomic E-state index is -0.189. The van der Waals surface area contributed by atoms with Gasteiger partial charge >= 0.3 is 6.09 Å². The number of hydrogen-bond donors (Lipinski definition) is 2. The van der Waals surface area contributed by atoms with E-state index in [0.717, 1.165) is 38.4 Å². The largest absolute Gasteiger partial charge is 0.450 e. The first kappa shape index (κ1) is 24.8. The van der Waals surface area contributed by atoms with Gasteiger partial charge in [-0.2, -0.15) is 11.8 Å². The van der Waals surface area contributed by atoms with E-state index in [-0.39, 0.29) is 30.1 Å². The van der Waals surface area contributed by atoms with E-state index >= 15 is 0 Å². The highest BCUT2D eigenvalue weighted by Gasteiger charge is 2.40. The molecule has 1 saturated carbocycles. The SMILES string of the molecule is CCOC(=O)N1CCC(NC(=NC)NCC2(N3CCSCC3)CCCC2)CC1.I. The van der Waals surface area contributed by atoms with Gasteiger partial charge in [-0.1, -0.05) is 12.8 Å². The molecule has 3 fully saturated rings. The number of ether oxygens (including phenoxy) is 1. The van der Waals surface area contributed by atoms with Gasteiger partial charge in [-0.3, -0.25) is 9.89 Å². The Morgan fingerprint density at radius 1 is 1.17 bits per heavy atom. The van der Waals surface area contributed by atoms with Crippen LogP contribution in [0.5, 0.6) is 0 Å². The van der Waals surface area contributed by atoms with Crippen LogP contribution in [0.3, 0.4) is 0 Å². The first-order valence-corrected chi connectivity index (χ1v) is 12.0. The number of aliphatic imine (C=N–C) groups is 1. The van der Waals surface area contributed by atoms with Crippen molar-refractivity contribution in [2.24, 2.45) is 4.99 Å². The van der Waals surface area contributed by atoms with Crippen molar-refractivity contribution in [2.75, 3.05) is 57.9 Å². The predicted molar refractivity (Wildman–Crippen MR) is 132 cm³/mol. The molecule has 0 spiro atoms. The summed E-state index contributed by atoms with van der Waals surface area (Å²) in [5, 5.41) is 7.21. The van der Waals surface area contributed by atoms with Crippen LogP contribution in [0, 0.1) is 0 Å². The fourth-order valence-electron chi connectivity index (χ4n) is 4.73. The summed E-state index contributed by atoms with van der Waals surface area (Å²) >= 11 is 2.08. The number of amides is 1. The van der Waals surface area contributed by atoms with Crippen molar-refractivity contribution < 1.29 is 9.53 Å². The number of rotatable bonds is 5. The van der Waals surface area contributed by atoms with Gasteiger partial charge in [0, 0.05) is 62.9 Å². The first-order valence-electron chi connectivity index (χ1n) is 10.9. The Morgan fingerprint density at radius 2 is 1.83 bits per heavy atom. The molecule has 0 unspecified atom stereocenters. The summed E-state index contributed by atoms with van der Waals surface area (Å²) in [6, 6.07) is 0.350. The van der Waals surface area contributed by atoms with Crippen molar-refractivity contribution in [1.82, 2.24) is 20.4 Å². The lowest BCUT2D eigenvalue weighted by molar-refractivity contribution is 0.0959. The quantitative estimate of drug-likeness (QED) is 0.318. The molecule has 3 rings (SSSR count). The fraction of sp³-hybridized carbons (Fsp3) is 0.900. The van der Waals surface area contributed by atoms with Gasteiger partial charge in [0.1, 0.15) is 0 Å². The number of hydrogen-bond acceptors (Lipinski definition) is 5. The Hall–Kier alpha value is -0.420. The molecule has 2 aliphatic heterocycles. The van der Waals surface area contributed by atoms with Gasteiger partial charge in [-0.05, 0) is 32.6 Å². The van der Waals surface area contributed by atoms with E-state index in [1.165, 1.54) is 50.3 Å². The van der Waals surface area contributed by atoms with Crippen LogP contribution >= 0.6 is 35.7 Å². The Labute approximate surface area is 197 Å². The maximum absolute atomic E-state index is 11.9. The number of guanidine groups is 1. The Bertz CT molecular complexity index is 531. The number of carbonyl (C=O) groups is 1. The molecule has 9 heteroatoms. The molecule has 1 aliphatic carbocycles. The van der Waals surface area contributed by atoms with Crippen LogP contribution in [0.1, 0.15) is 45.4 Å². The summed E-state index contributed by atoms with van der Waals surface area (Å²) < 4.78 is 5.11. The van der Waals surface area contributed by atoms with Crippen LogP contribution in [0.15, 0.2) is 4.99 Å². The number of likely N-dealkylation sites (tertiary alicyclic amines) is 1. The lowest BCUT2D eigenvalue weighted by atomic mass is 9.94. The Balaban J connectivity index is 0.00000300. The number of nitrogens with zero attached hydrogens (tertiary/aromatic N) is 3. The molecule has 2 N–H and O–H groups in total. The van der Waals surface area contributed by atoms with Gasteiger partial charge in [0.2, 0.25) is 0 Å². The number of nitrogens with one attached hydrogen (secondary N) is 2. The molecule has 7 nitrogen and oxygen atoms in total. The molecule has 3 aliphatic rings. The van der Waals surface area contributed by atoms with Gasteiger partial charge in [0.15, 0.2) is 5.96 Å². The number of halogens is 1. The van der Waals surface area contributed by atoms with Crippen LogP contribution in [0.2, 0.25) is 0 Å². The second kappa shape index (κ2) is 12.4. The summed E-state index contributed by atoms with van der Waals surface area (Å²) in [5.41, 5.74) is 0.297. The minimum absolute atomic E-state index is 0. The molecule has 2 heterocycles. The molecule has 0 aromatic heterocycles. The monoisotopic (exact) mass is 539 g/mol. The molecule has 0 aromatic rings. The topological polar surface area (TPSA) is 69.2 Å². The Morgan fingerprint density at radius 3 is 2.41 bits per heavy atom. The van der Waals surface area contributed by atoms with Crippen molar-refractivity contribution in [3.8, 4) is 0 Å². The molecule has 0 bridgehead atoms. The first-order chi connectivity index (χ1) is 13.7. The lowest BCUT2D eigenvalue weighted by Gasteiger charge is -2.44. The third-order valence-electron chi connectivity index (χ3n) is 6.39. The zero-order valence-electron chi connectivity index (χ0n) is 18.0. The van der Waals surface area contributed by atoms with Crippen LogP contribution < -0.4 is 10.6 Å². The fourth-order valence-corrected chi connectivity index (χ4v) is 5.64. The average Bonchev–Trinajstić information content (AvgIpc) is 3.22. The predicted octanol–water partition coefficient (Wildman–Crippen LogP) is 2.75.